The Bertz CT molecular complexity index is 939. The van der Waals surface area contributed by atoms with Crippen LogP contribution in [0.4, 0.5) is 0 Å². The molecule has 0 N–H and O–H groups in total. The molecule has 0 aromatic heterocycles. The SMILES string of the molecule is COC(=O)[C@H]1Cc2ccccc2CN1S(=O)(=O)c1cc(C)ccc1OC. The van der Waals surface area contributed by atoms with Gasteiger partial charge in [0.25, 0.3) is 0 Å². The lowest BCUT2D eigenvalue weighted by Gasteiger charge is -2.34. The Hall–Kier alpha value is -2.38. The average molecular weight is 375 g/mol. The molecule has 26 heavy (non-hydrogen) atoms. The largest absolute Gasteiger partial charge is 0.495 e. The Kier molecular flexibility index (Phi) is 5.02. The zero-order chi connectivity index (χ0) is 18.9. The summed E-state index contributed by atoms with van der Waals surface area (Å²) in [7, 11) is -1.28. The first kappa shape index (κ1) is 18.4. The van der Waals surface area contributed by atoms with Gasteiger partial charge in [-0.3, -0.25) is 4.79 Å². The molecule has 0 fully saturated rings. The van der Waals surface area contributed by atoms with E-state index in [4.69, 9.17) is 9.47 Å². The number of aryl methyl sites for hydroxylation is 1. The highest BCUT2D eigenvalue weighted by Gasteiger charge is 2.41. The van der Waals surface area contributed by atoms with E-state index in [1.54, 1.807) is 18.2 Å². The van der Waals surface area contributed by atoms with Crippen LogP contribution in [0.1, 0.15) is 16.7 Å². The minimum atomic E-state index is -3.97. The Balaban J connectivity index is 2.13. The normalized spacial score (nSPS) is 17.4. The lowest BCUT2D eigenvalue weighted by atomic mass is 9.96. The minimum absolute atomic E-state index is 0.0493. The highest BCUT2D eigenvalue weighted by Crippen LogP contribution is 2.33. The standard InChI is InChI=1S/C19H21NO5S/c1-13-8-9-17(24-2)18(10-13)26(22,23)20-12-15-7-5-4-6-14(15)11-16(20)19(21)25-3/h4-10,16H,11-12H2,1-3H3/t16-/m1/s1. The number of sulfonamides is 1. The van der Waals surface area contributed by atoms with Gasteiger partial charge < -0.3 is 9.47 Å². The van der Waals surface area contributed by atoms with Crippen molar-refractivity contribution in [1.82, 2.24) is 4.31 Å². The third-order valence-corrected chi connectivity index (χ3v) is 6.46. The summed E-state index contributed by atoms with van der Waals surface area (Å²) >= 11 is 0. The number of nitrogens with zero attached hydrogens (tertiary/aromatic N) is 1. The number of esters is 1. The Morgan fingerprint density at radius 2 is 1.81 bits per heavy atom. The number of rotatable bonds is 4. The molecule has 0 bridgehead atoms. The lowest BCUT2D eigenvalue weighted by Crippen LogP contribution is -2.49. The van der Waals surface area contributed by atoms with Gasteiger partial charge in [-0.2, -0.15) is 4.31 Å². The van der Waals surface area contributed by atoms with Gasteiger partial charge in [-0.25, -0.2) is 8.42 Å². The van der Waals surface area contributed by atoms with Crippen LogP contribution >= 0.6 is 0 Å². The topological polar surface area (TPSA) is 72.9 Å². The van der Waals surface area contributed by atoms with Crippen molar-refractivity contribution in [2.24, 2.45) is 0 Å². The molecule has 0 radical (unpaired) electrons. The van der Waals surface area contributed by atoms with E-state index in [2.05, 4.69) is 0 Å². The van der Waals surface area contributed by atoms with E-state index in [0.717, 1.165) is 16.7 Å². The molecule has 1 aliphatic heterocycles. The molecule has 1 aliphatic rings. The maximum Gasteiger partial charge on any atom is 0.324 e. The molecule has 2 aromatic carbocycles. The molecule has 1 heterocycles. The predicted octanol–water partition coefficient (Wildman–Crippen LogP) is 2.29. The van der Waals surface area contributed by atoms with Crippen LogP contribution in [0.15, 0.2) is 47.4 Å². The number of carbonyl (C=O) groups is 1. The quantitative estimate of drug-likeness (QED) is 0.767. The van der Waals surface area contributed by atoms with Gasteiger partial charge in [-0.05, 0) is 35.7 Å². The summed E-state index contributed by atoms with van der Waals surface area (Å²) < 4.78 is 38.1. The molecule has 3 rings (SSSR count). The summed E-state index contributed by atoms with van der Waals surface area (Å²) in [6.45, 7) is 1.91. The number of hydrogen-bond donors (Lipinski definition) is 0. The van der Waals surface area contributed by atoms with Crippen LogP contribution in [0.25, 0.3) is 0 Å². The molecule has 7 heteroatoms. The first-order chi connectivity index (χ1) is 12.4. The molecule has 0 saturated heterocycles. The molecule has 6 nitrogen and oxygen atoms in total. The van der Waals surface area contributed by atoms with Crippen molar-refractivity contribution in [3.63, 3.8) is 0 Å². The van der Waals surface area contributed by atoms with Gasteiger partial charge in [-0.1, -0.05) is 30.3 Å². The zero-order valence-corrected chi connectivity index (χ0v) is 15.7. The van der Waals surface area contributed by atoms with Crippen LogP contribution in [-0.4, -0.2) is 39.0 Å². The summed E-state index contributed by atoms with van der Waals surface area (Å²) in [4.78, 5) is 12.4. The number of hydrogen-bond acceptors (Lipinski definition) is 5. The minimum Gasteiger partial charge on any atom is -0.495 e. The second kappa shape index (κ2) is 7.09. The van der Waals surface area contributed by atoms with Gasteiger partial charge in [-0.15, -0.1) is 0 Å². The fourth-order valence-electron chi connectivity index (χ4n) is 3.20. The van der Waals surface area contributed by atoms with Crippen LogP contribution in [-0.2, 0) is 32.5 Å². The van der Waals surface area contributed by atoms with Crippen LogP contribution in [0, 0.1) is 6.92 Å². The third-order valence-electron chi connectivity index (χ3n) is 4.58. The van der Waals surface area contributed by atoms with Crippen LogP contribution < -0.4 is 4.74 Å². The van der Waals surface area contributed by atoms with E-state index in [0.29, 0.717) is 0 Å². The van der Waals surface area contributed by atoms with E-state index in [1.807, 2.05) is 31.2 Å². The van der Waals surface area contributed by atoms with Gasteiger partial charge in [0, 0.05) is 13.0 Å². The van der Waals surface area contributed by atoms with E-state index >= 15 is 0 Å². The van der Waals surface area contributed by atoms with Gasteiger partial charge in [0.2, 0.25) is 10.0 Å². The smallest absolute Gasteiger partial charge is 0.324 e. The molecule has 2 aromatic rings. The van der Waals surface area contributed by atoms with Gasteiger partial charge in [0.1, 0.15) is 16.7 Å². The van der Waals surface area contributed by atoms with Crippen molar-refractivity contribution >= 4 is 16.0 Å². The molecule has 0 saturated carbocycles. The number of fused-ring (bicyclic) bond motifs is 1. The van der Waals surface area contributed by atoms with Crippen LogP contribution in [0.5, 0.6) is 5.75 Å². The van der Waals surface area contributed by atoms with E-state index < -0.39 is 22.0 Å². The Labute approximate surface area is 153 Å². The van der Waals surface area contributed by atoms with Crippen molar-refractivity contribution in [1.29, 1.82) is 0 Å². The van der Waals surface area contributed by atoms with Gasteiger partial charge in [0.15, 0.2) is 0 Å². The van der Waals surface area contributed by atoms with E-state index in [-0.39, 0.29) is 23.6 Å². The van der Waals surface area contributed by atoms with Crippen molar-refractivity contribution in [3.8, 4) is 5.75 Å². The van der Waals surface area contributed by atoms with Crippen molar-refractivity contribution in [2.75, 3.05) is 14.2 Å². The highest BCUT2D eigenvalue weighted by molar-refractivity contribution is 7.89. The Morgan fingerprint density at radius 1 is 1.12 bits per heavy atom. The van der Waals surface area contributed by atoms with E-state index in [9.17, 15) is 13.2 Å². The molecular weight excluding hydrogens is 354 g/mol. The molecule has 138 valence electrons. The second-order valence-electron chi connectivity index (χ2n) is 6.22. The van der Waals surface area contributed by atoms with Gasteiger partial charge >= 0.3 is 5.97 Å². The monoisotopic (exact) mass is 375 g/mol. The molecule has 0 amide bonds. The van der Waals surface area contributed by atoms with Crippen LogP contribution in [0.3, 0.4) is 0 Å². The Morgan fingerprint density at radius 3 is 2.46 bits per heavy atom. The van der Waals surface area contributed by atoms with E-state index in [1.165, 1.54) is 18.5 Å². The van der Waals surface area contributed by atoms with Crippen molar-refractivity contribution < 1.29 is 22.7 Å². The fraction of sp³-hybridized carbons (Fsp3) is 0.316. The predicted molar refractivity (Wildman–Crippen MR) is 96.4 cm³/mol. The lowest BCUT2D eigenvalue weighted by molar-refractivity contribution is -0.145. The maximum absolute atomic E-state index is 13.4. The molecule has 1 atom stereocenters. The third kappa shape index (κ3) is 3.20. The summed E-state index contributed by atoms with van der Waals surface area (Å²) in [6, 6.07) is 11.6. The highest BCUT2D eigenvalue weighted by atomic mass is 32.2. The maximum atomic E-state index is 13.4. The summed E-state index contributed by atoms with van der Waals surface area (Å²) in [5.74, 6) is -0.326. The van der Waals surface area contributed by atoms with Crippen molar-refractivity contribution in [2.45, 2.75) is 30.8 Å². The summed E-state index contributed by atoms with van der Waals surface area (Å²) in [5.41, 5.74) is 2.62. The number of carbonyl (C=O) groups excluding carboxylic acids is 1. The first-order valence-corrected chi connectivity index (χ1v) is 9.63. The number of benzene rings is 2. The second-order valence-corrected chi connectivity index (χ2v) is 8.08. The number of methoxy groups -OCH3 is 2. The van der Waals surface area contributed by atoms with Crippen molar-refractivity contribution in [3.05, 3.63) is 59.2 Å². The van der Waals surface area contributed by atoms with Crippen LogP contribution in [0.2, 0.25) is 0 Å². The molecule has 0 unspecified atom stereocenters. The average Bonchev–Trinajstić information content (AvgIpc) is 2.66. The summed E-state index contributed by atoms with van der Waals surface area (Å²) in [6.07, 6.45) is 0.274. The van der Waals surface area contributed by atoms with Gasteiger partial charge in [0.05, 0.1) is 14.2 Å². The summed E-state index contributed by atoms with van der Waals surface area (Å²) in [5, 5.41) is 0. The molecule has 0 aliphatic carbocycles. The first-order valence-electron chi connectivity index (χ1n) is 8.19. The molecular formula is C19H21NO5S. The fourth-order valence-corrected chi connectivity index (χ4v) is 5.00. The number of ether oxygens (including phenoxy) is 2. The zero-order valence-electron chi connectivity index (χ0n) is 14.9. The molecule has 0 spiro atoms.